The maximum Gasteiger partial charge on any atom is 0.0618 e. The van der Waals surface area contributed by atoms with E-state index in [0.717, 1.165) is 37.1 Å². The average molecular weight is 834 g/mol. The van der Waals surface area contributed by atoms with Crippen LogP contribution in [-0.2, 0) is 25.7 Å². The van der Waals surface area contributed by atoms with Gasteiger partial charge in [0.25, 0.3) is 0 Å². The second kappa shape index (κ2) is 16.9. The van der Waals surface area contributed by atoms with E-state index < -0.39 is 0 Å². The molecule has 0 unspecified atom stereocenters. The van der Waals surface area contributed by atoms with E-state index in [2.05, 4.69) is 217 Å². The van der Waals surface area contributed by atoms with Gasteiger partial charge in [0.1, 0.15) is 0 Å². The Morgan fingerprint density at radius 2 is 0.523 bits per heavy atom. The zero-order valence-electron chi connectivity index (χ0n) is 36.8. The van der Waals surface area contributed by atoms with Crippen LogP contribution in [0.1, 0.15) is 47.9 Å². The van der Waals surface area contributed by atoms with Gasteiger partial charge in [0.2, 0.25) is 0 Å². The first-order valence-electron chi connectivity index (χ1n) is 23.7. The van der Waals surface area contributed by atoms with Crippen molar-refractivity contribution >= 4 is 38.6 Å². The average Bonchev–Trinajstić information content (AvgIpc) is 3.39. The van der Waals surface area contributed by atoms with Gasteiger partial charge in [0.05, 0.1) is 5.69 Å². The van der Waals surface area contributed by atoms with Gasteiger partial charge in [-0.25, -0.2) is 0 Å². The number of rotatable bonds is 8. The van der Waals surface area contributed by atoms with Crippen molar-refractivity contribution < 1.29 is 0 Å². The zero-order valence-corrected chi connectivity index (χ0v) is 36.8. The van der Waals surface area contributed by atoms with Crippen LogP contribution in [0.25, 0.3) is 77.2 Å². The lowest BCUT2D eigenvalue weighted by molar-refractivity contribution is 0.663. The van der Waals surface area contributed by atoms with Crippen molar-refractivity contribution in [2.45, 2.75) is 51.4 Å². The van der Waals surface area contributed by atoms with Gasteiger partial charge in [0, 0.05) is 22.1 Å². The molecular formula is C64H51N. The molecule has 10 aromatic carbocycles. The smallest absolute Gasteiger partial charge is 0.0618 e. The molecular weight excluding hydrogens is 783 g/mol. The molecule has 2 aliphatic carbocycles. The van der Waals surface area contributed by atoms with Crippen LogP contribution in [0.3, 0.4) is 0 Å². The summed E-state index contributed by atoms with van der Waals surface area (Å²) in [5.74, 6) is 0. The quantitative estimate of drug-likeness (QED) is 0.138. The minimum Gasteiger partial charge on any atom is -0.309 e. The lowest BCUT2D eigenvalue weighted by atomic mass is 9.71. The Bertz CT molecular complexity index is 3140. The molecule has 312 valence electrons. The molecule has 0 aliphatic heterocycles. The first-order chi connectivity index (χ1) is 32.3. The Balaban J connectivity index is 1.09. The van der Waals surface area contributed by atoms with Crippen molar-refractivity contribution in [2.24, 2.45) is 0 Å². The predicted molar refractivity (Wildman–Crippen MR) is 277 cm³/mol. The molecule has 2 aliphatic rings. The van der Waals surface area contributed by atoms with E-state index in [-0.39, 0.29) is 0 Å². The van der Waals surface area contributed by atoms with E-state index in [1.807, 2.05) is 0 Å². The molecule has 0 N–H and O–H groups in total. The van der Waals surface area contributed by atoms with Crippen molar-refractivity contribution in [3.63, 3.8) is 0 Å². The minimum absolute atomic E-state index is 1.12. The van der Waals surface area contributed by atoms with Gasteiger partial charge >= 0.3 is 0 Å². The summed E-state index contributed by atoms with van der Waals surface area (Å²) in [6, 6.07) is 78.7. The Hall–Kier alpha value is -7.48. The fourth-order valence-corrected chi connectivity index (χ4v) is 11.3. The van der Waals surface area contributed by atoms with Crippen LogP contribution >= 0.6 is 0 Å². The number of benzene rings is 10. The maximum atomic E-state index is 2.52. The van der Waals surface area contributed by atoms with Gasteiger partial charge < -0.3 is 4.90 Å². The van der Waals surface area contributed by atoms with Gasteiger partial charge in [-0.3, -0.25) is 0 Å². The van der Waals surface area contributed by atoms with E-state index in [1.165, 1.54) is 109 Å². The van der Waals surface area contributed by atoms with Gasteiger partial charge in [-0.2, -0.15) is 0 Å². The Morgan fingerprint density at radius 3 is 0.908 bits per heavy atom. The molecule has 10 aromatic rings. The molecule has 0 bridgehead atoms. The predicted octanol–water partition coefficient (Wildman–Crippen LogP) is 17.6. The van der Waals surface area contributed by atoms with E-state index >= 15 is 0 Å². The van der Waals surface area contributed by atoms with Crippen molar-refractivity contribution in [1.29, 1.82) is 0 Å². The highest BCUT2D eigenvalue weighted by Gasteiger charge is 2.31. The standard InChI is InChI=1S/C64H51N/c1-4-18-44(19-5-1)47-32-34-50(35-33-47)61-53-24-10-12-26-55(53)62(56-27-13-11-25-54(56)61)63-57-28-14-16-30-59(57)64(60-31-17-15-29-58(60)63)65(51-40-36-48(37-41-51)45-20-6-2-7-21-45)52-42-38-49(39-43-52)46-22-8-3-9-23-46/h1-9,14-23,28-43H,10-13,24-27H2. The second-order valence-corrected chi connectivity index (χ2v) is 18.0. The zero-order chi connectivity index (χ0) is 43.1. The Morgan fingerprint density at radius 1 is 0.231 bits per heavy atom. The molecule has 0 heterocycles. The second-order valence-electron chi connectivity index (χ2n) is 18.0. The summed E-state index contributed by atoms with van der Waals surface area (Å²) in [6.45, 7) is 0. The van der Waals surface area contributed by atoms with Crippen LogP contribution in [0.5, 0.6) is 0 Å². The minimum atomic E-state index is 1.12. The number of hydrogen-bond donors (Lipinski definition) is 0. The summed E-state index contributed by atoms with van der Waals surface area (Å²) < 4.78 is 0. The highest BCUT2D eigenvalue weighted by atomic mass is 15.1. The summed E-state index contributed by atoms with van der Waals surface area (Å²) in [5, 5.41) is 5.20. The van der Waals surface area contributed by atoms with Gasteiger partial charge in [-0.1, -0.05) is 188 Å². The number of hydrogen-bond acceptors (Lipinski definition) is 1. The summed E-state index contributed by atoms with van der Waals surface area (Å²) in [6.07, 6.45) is 9.42. The van der Waals surface area contributed by atoms with Crippen molar-refractivity contribution in [3.05, 3.63) is 235 Å². The first kappa shape index (κ1) is 39.1. The van der Waals surface area contributed by atoms with Crippen LogP contribution in [0.15, 0.2) is 212 Å². The van der Waals surface area contributed by atoms with Crippen LogP contribution in [-0.4, -0.2) is 0 Å². The summed E-state index contributed by atoms with van der Waals surface area (Å²) >= 11 is 0. The van der Waals surface area contributed by atoms with E-state index in [9.17, 15) is 0 Å². The van der Waals surface area contributed by atoms with E-state index in [1.54, 1.807) is 22.3 Å². The summed E-state index contributed by atoms with van der Waals surface area (Å²) in [5.41, 5.74) is 23.1. The molecule has 0 saturated carbocycles. The van der Waals surface area contributed by atoms with Crippen molar-refractivity contribution in [3.8, 4) is 55.6 Å². The van der Waals surface area contributed by atoms with Gasteiger partial charge in [0.15, 0.2) is 0 Å². The van der Waals surface area contributed by atoms with E-state index in [0.29, 0.717) is 0 Å². The number of nitrogens with zero attached hydrogens (tertiary/aromatic N) is 1. The van der Waals surface area contributed by atoms with Crippen LogP contribution in [0.2, 0.25) is 0 Å². The molecule has 1 nitrogen and oxygen atoms in total. The summed E-state index contributed by atoms with van der Waals surface area (Å²) in [7, 11) is 0. The molecule has 0 saturated heterocycles. The van der Waals surface area contributed by atoms with Crippen molar-refractivity contribution in [2.75, 3.05) is 4.90 Å². The SMILES string of the molecule is c1ccc(-c2ccc(-c3c4c(c(-c5c6ccccc6c(N(c6ccc(-c7ccccc7)cc6)c6ccc(-c7ccccc7)cc6)c6ccccc56)c5c3CCCC5)CCCC4)cc2)cc1. The molecule has 0 amide bonds. The third-order valence-corrected chi connectivity index (χ3v) is 14.3. The molecule has 0 spiro atoms. The maximum absolute atomic E-state index is 2.52. The monoisotopic (exact) mass is 833 g/mol. The lowest BCUT2D eigenvalue weighted by Crippen LogP contribution is -2.16. The fraction of sp³-hybridized carbons (Fsp3) is 0.125. The Labute approximate surface area is 383 Å². The molecule has 0 aromatic heterocycles. The highest BCUT2D eigenvalue weighted by molar-refractivity contribution is 6.23. The molecule has 12 rings (SSSR count). The molecule has 0 atom stereocenters. The third kappa shape index (κ3) is 7.04. The third-order valence-electron chi connectivity index (χ3n) is 14.3. The lowest BCUT2D eigenvalue weighted by Gasteiger charge is -2.34. The van der Waals surface area contributed by atoms with Crippen LogP contribution in [0, 0.1) is 0 Å². The largest absolute Gasteiger partial charge is 0.309 e. The van der Waals surface area contributed by atoms with Crippen LogP contribution < -0.4 is 4.90 Å². The molecule has 0 fully saturated rings. The topological polar surface area (TPSA) is 3.24 Å². The van der Waals surface area contributed by atoms with E-state index in [4.69, 9.17) is 0 Å². The van der Waals surface area contributed by atoms with Gasteiger partial charge in [-0.05, 0) is 164 Å². The van der Waals surface area contributed by atoms with Gasteiger partial charge in [-0.15, -0.1) is 0 Å². The Kier molecular flexibility index (Phi) is 10.2. The molecule has 1 heteroatoms. The number of anilines is 3. The highest BCUT2D eigenvalue weighted by Crippen LogP contribution is 2.53. The molecule has 0 radical (unpaired) electrons. The molecule has 65 heavy (non-hydrogen) atoms. The first-order valence-corrected chi connectivity index (χ1v) is 23.7. The number of fused-ring (bicyclic) bond motifs is 4. The summed E-state index contributed by atoms with van der Waals surface area (Å²) in [4.78, 5) is 2.52. The van der Waals surface area contributed by atoms with Crippen LogP contribution in [0.4, 0.5) is 17.1 Å². The fourth-order valence-electron chi connectivity index (χ4n) is 11.3. The normalized spacial score (nSPS) is 13.4. The van der Waals surface area contributed by atoms with Crippen molar-refractivity contribution in [1.82, 2.24) is 0 Å².